The van der Waals surface area contributed by atoms with E-state index in [0.29, 0.717) is 17.4 Å². The van der Waals surface area contributed by atoms with E-state index in [9.17, 15) is 9.18 Å². The lowest BCUT2D eigenvalue weighted by Crippen LogP contribution is -2.25. The normalized spacial score (nSPS) is 19.8. The van der Waals surface area contributed by atoms with Crippen LogP contribution in [0, 0.1) is 18.7 Å². The minimum Gasteiger partial charge on any atom is -0.311 e. The van der Waals surface area contributed by atoms with Crippen molar-refractivity contribution in [3.63, 3.8) is 0 Å². The summed E-state index contributed by atoms with van der Waals surface area (Å²) in [6, 6.07) is 3.10. The zero-order valence-corrected chi connectivity index (χ0v) is 11.1. The molecule has 2 rings (SSSR count). The summed E-state index contributed by atoms with van der Waals surface area (Å²) in [7, 11) is 0. The van der Waals surface area contributed by atoms with Crippen LogP contribution in [0.15, 0.2) is 29.3 Å². The minimum absolute atomic E-state index is 0.0662. The highest BCUT2D eigenvalue weighted by atomic mass is 79.9. The van der Waals surface area contributed by atoms with Crippen LogP contribution in [0.2, 0.25) is 0 Å². The standard InChI is InChI=1S/C13H13BrFNO/c1-3-9-5-13(17)16(7-9)12-6-10(14)11(15)4-8(12)2/h3-4,6,9H,1,5,7H2,2H3. The highest BCUT2D eigenvalue weighted by Crippen LogP contribution is 2.31. The van der Waals surface area contributed by atoms with Crippen molar-refractivity contribution < 1.29 is 9.18 Å². The van der Waals surface area contributed by atoms with Gasteiger partial charge in [0.15, 0.2) is 0 Å². The maximum Gasteiger partial charge on any atom is 0.227 e. The SMILES string of the molecule is C=CC1CC(=O)N(c2cc(Br)c(F)cc2C)C1. The van der Waals surface area contributed by atoms with Crippen molar-refractivity contribution in [1.82, 2.24) is 0 Å². The molecule has 0 bridgehead atoms. The van der Waals surface area contributed by atoms with Gasteiger partial charge in [-0.2, -0.15) is 0 Å². The van der Waals surface area contributed by atoms with Gasteiger partial charge in [-0.15, -0.1) is 6.58 Å². The van der Waals surface area contributed by atoms with Gasteiger partial charge in [-0.1, -0.05) is 6.08 Å². The molecule has 0 N–H and O–H groups in total. The average molecular weight is 298 g/mol. The molecule has 1 atom stereocenters. The van der Waals surface area contributed by atoms with E-state index >= 15 is 0 Å². The Morgan fingerprint density at radius 1 is 1.59 bits per heavy atom. The Kier molecular flexibility index (Phi) is 3.33. The molecule has 0 aliphatic carbocycles. The summed E-state index contributed by atoms with van der Waals surface area (Å²) in [5, 5.41) is 0. The Morgan fingerprint density at radius 2 is 2.29 bits per heavy atom. The summed E-state index contributed by atoms with van der Waals surface area (Å²) in [5.41, 5.74) is 1.54. The van der Waals surface area contributed by atoms with E-state index in [2.05, 4.69) is 22.5 Å². The van der Waals surface area contributed by atoms with Gasteiger partial charge < -0.3 is 4.90 Å². The molecule has 90 valence electrons. The molecule has 2 nitrogen and oxygen atoms in total. The van der Waals surface area contributed by atoms with Crippen LogP contribution in [0.5, 0.6) is 0 Å². The Morgan fingerprint density at radius 3 is 2.88 bits per heavy atom. The van der Waals surface area contributed by atoms with Crippen LogP contribution >= 0.6 is 15.9 Å². The highest BCUT2D eigenvalue weighted by Gasteiger charge is 2.29. The number of hydrogen-bond acceptors (Lipinski definition) is 1. The first-order valence-electron chi connectivity index (χ1n) is 5.41. The minimum atomic E-state index is -0.307. The molecule has 0 radical (unpaired) electrons. The van der Waals surface area contributed by atoms with Crippen LogP contribution < -0.4 is 4.90 Å². The number of rotatable bonds is 2. The Hall–Kier alpha value is -1.16. The van der Waals surface area contributed by atoms with E-state index in [0.717, 1.165) is 11.3 Å². The highest BCUT2D eigenvalue weighted by molar-refractivity contribution is 9.10. The lowest BCUT2D eigenvalue weighted by molar-refractivity contribution is -0.117. The molecule has 1 aliphatic heterocycles. The van der Waals surface area contributed by atoms with E-state index < -0.39 is 0 Å². The number of hydrogen-bond donors (Lipinski definition) is 0. The first kappa shape index (κ1) is 12.3. The summed E-state index contributed by atoms with van der Waals surface area (Å²) in [6.07, 6.45) is 2.28. The van der Waals surface area contributed by atoms with Gasteiger partial charge in [-0.05, 0) is 40.5 Å². The number of halogens is 2. The van der Waals surface area contributed by atoms with Gasteiger partial charge in [0, 0.05) is 24.6 Å². The first-order chi connectivity index (χ1) is 8.02. The summed E-state index contributed by atoms with van der Waals surface area (Å²) < 4.78 is 13.7. The van der Waals surface area contributed by atoms with Crippen molar-refractivity contribution in [3.8, 4) is 0 Å². The summed E-state index contributed by atoms with van der Waals surface area (Å²) in [6.45, 7) is 6.14. The summed E-state index contributed by atoms with van der Waals surface area (Å²) in [5.74, 6) is -0.0552. The van der Waals surface area contributed by atoms with Crippen LogP contribution in [0.1, 0.15) is 12.0 Å². The van der Waals surface area contributed by atoms with Crippen LogP contribution in [-0.2, 0) is 4.79 Å². The molecule has 4 heteroatoms. The van der Waals surface area contributed by atoms with E-state index in [1.54, 1.807) is 24.0 Å². The molecule has 17 heavy (non-hydrogen) atoms. The van der Waals surface area contributed by atoms with Crippen LogP contribution in [0.4, 0.5) is 10.1 Å². The molecule has 1 saturated heterocycles. The lowest BCUT2D eigenvalue weighted by Gasteiger charge is -2.19. The monoisotopic (exact) mass is 297 g/mol. The third-order valence-electron chi connectivity index (χ3n) is 3.02. The third kappa shape index (κ3) is 2.27. The zero-order valence-electron chi connectivity index (χ0n) is 9.54. The second-order valence-electron chi connectivity index (χ2n) is 4.26. The van der Waals surface area contributed by atoms with Crippen LogP contribution in [0.3, 0.4) is 0 Å². The fraction of sp³-hybridized carbons (Fsp3) is 0.308. The molecule has 0 saturated carbocycles. The van der Waals surface area contributed by atoms with Crippen molar-refractivity contribution in [2.75, 3.05) is 11.4 Å². The van der Waals surface area contributed by atoms with Crippen molar-refractivity contribution in [2.45, 2.75) is 13.3 Å². The smallest absolute Gasteiger partial charge is 0.227 e. The van der Waals surface area contributed by atoms with Gasteiger partial charge in [0.25, 0.3) is 0 Å². The molecule has 1 aromatic rings. The number of amides is 1. The fourth-order valence-corrected chi connectivity index (χ4v) is 2.38. The van der Waals surface area contributed by atoms with Crippen molar-refractivity contribution in [1.29, 1.82) is 0 Å². The molecule has 1 aliphatic rings. The Bertz CT molecular complexity index is 487. The Balaban J connectivity index is 2.38. The van der Waals surface area contributed by atoms with Gasteiger partial charge in [0.2, 0.25) is 5.91 Å². The van der Waals surface area contributed by atoms with E-state index in [1.807, 2.05) is 0 Å². The fourth-order valence-electron chi connectivity index (χ4n) is 2.05. The van der Waals surface area contributed by atoms with E-state index in [4.69, 9.17) is 0 Å². The number of carbonyl (C=O) groups is 1. The number of carbonyl (C=O) groups excluding carboxylic acids is 1. The third-order valence-corrected chi connectivity index (χ3v) is 3.63. The predicted molar refractivity (Wildman–Crippen MR) is 69.5 cm³/mol. The lowest BCUT2D eigenvalue weighted by atomic mass is 10.1. The van der Waals surface area contributed by atoms with Gasteiger partial charge in [0.1, 0.15) is 5.82 Å². The van der Waals surface area contributed by atoms with Crippen molar-refractivity contribution >= 4 is 27.5 Å². The molecule has 1 heterocycles. The average Bonchev–Trinajstić information content (AvgIpc) is 2.65. The molecule has 0 aromatic heterocycles. The first-order valence-corrected chi connectivity index (χ1v) is 6.20. The van der Waals surface area contributed by atoms with Gasteiger partial charge in [-0.3, -0.25) is 4.79 Å². The number of nitrogens with zero attached hydrogens (tertiary/aromatic N) is 1. The second kappa shape index (κ2) is 4.61. The zero-order chi connectivity index (χ0) is 12.6. The van der Waals surface area contributed by atoms with Gasteiger partial charge >= 0.3 is 0 Å². The molecular weight excluding hydrogens is 285 g/mol. The van der Waals surface area contributed by atoms with Crippen molar-refractivity contribution in [3.05, 3.63) is 40.6 Å². The molecular formula is C13H13BrFNO. The topological polar surface area (TPSA) is 20.3 Å². The van der Waals surface area contributed by atoms with E-state index in [1.165, 1.54) is 6.07 Å². The maximum atomic E-state index is 13.3. The van der Waals surface area contributed by atoms with Gasteiger partial charge in [-0.25, -0.2) is 4.39 Å². The van der Waals surface area contributed by atoms with Crippen LogP contribution in [0.25, 0.3) is 0 Å². The quantitative estimate of drug-likeness (QED) is 0.766. The number of anilines is 1. The summed E-state index contributed by atoms with van der Waals surface area (Å²) in [4.78, 5) is 13.6. The largest absolute Gasteiger partial charge is 0.311 e. The van der Waals surface area contributed by atoms with Gasteiger partial charge in [0.05, 0.1) is 4.47 Å². The van der Waals surface area contributed by atoms with Crippen LogP contribution in [-0.4, -0.2) is 12.5 Å². The maximum absolute atomic E-state index is 13.3. The molecule has 1 fully saturated rings. The molecule has 1 amide bonds. The Labute approximate surface area is 108 Å². The second-order valence-corrected chi connectivity index (χ2v) is 5.11. The summed E-state index contributed by atoms with van der Waals surface area (Å²) >= 11 is 3.15. The molecule has 0 spiro atoms. The molecule has 1 unspecified atom stereocenters. The molecule has 1 aromatic carbocycles. The number of benzene rings is 1. The van der Waals surface area contributed by atoms with E-state index in [-0.39, 0.29) is 17.6 Å². The number of aryl methyl sites for hydroxylation is 1. The van der Waals surface area contributed by atoms with Crippen molar-refractivity contribution in [2.24, 2.45) is 5.92 Å². The predicted octanol–water partition coefficient (Wildman–Crippen LogP) is 3.44.